The van der Waals surface area contributed by atoms with Crippen molar-refractivity contribution in [1.82, 2.24) is 9.80 Å². The van der Waals surface area contributed by atoms with E-state index in [0.717, 1.165) is 4.90 Å². The first kappa shape index (κ1) is 11.4. The fourth-order valence-corrected chi connectivity index (χ4v) is 2.48. The van der Waals surface area contributed by atoms with Crippen molar-refractivity contribution in [3.05, 3.63) is 0 Å². The van der Waals surface area contributed by atoms with Gasteiger partial charge in [0.05, 0.1) is 11.8 Å². The van der Waals surface area contributed by atoms with Crippen LogP contribution < -0.4 is 0 Å². The van der Waals surface area contributed by atoms with Crippen LogP contribution in [0.15, 0.2) is 0 Å². The van der Waals surface area contributed by atoms with Gasteiger partial charge in [-0.05, 0) is 6.92 Å². The van der Waals surface area contributed by atoms with Crippen LogP contribution in [0.1, 0.15) is 6.92 Å². The SMILES string of the molecule is CC(Cl)C(=O)N1CC2C(=O)N(C)C(=O)C2C1. The highest BCUT2D eigenvalue weighted by Crippen LogP contribution is 2.32. The molecule has 2 aliphatic rings. The van der Waals surface area contributed by atoms with E-state index < -0.39 is 5.38 Å². The van der Waals surface area contributed by atoms with Crippen LogP contribution in [0.4, 0.5) is 0 Å². The van der Waals surface area contributed by atoms with Gasteiger partial charge in [-0.2, -0.15) is 0 Å². The molecule has 3 amide bonds. The van der Waals surface area contributed by atoms with E-state index in [2.05, 4.69) is 0 Å². The molecule has 16 heavy (non-hydrogen) atoms. The number of hydrogen-bond donors (Lipinski definition) is 0. The summed E-state index contributed by atoms with van der Waals surface area (Å²) in [6.45, 7) is 2.22. The molecule has 0 bridgehead atoms. The molecule has 0 aliphatic carbocycles. The van der Waals surface area contributed by atoms with E-state index in [1.165, 1.54) is 11.9 Å². The van der Waals surface area contributed by atoms with Crippen molar-refractivity contribution in [3.63, 3.8) is 0 Å². The fraction of sp³-hybridized carbons (Fsp3) is 0.700. The van der Waals surface area contributed by atoms with Gasteiger partial charge < -0.3 is 4.90 Å². The van der Waals surface area contributed by atoms with Crippen LogP contribution in [-0.4, -0.2) is 53.0 Å². The normalized spacial score (nSPS) is 30.9. The maximum absolute atomic E-state index is 11.7. The monoisotopic (exact) mass is 244 g/mol. The molecule has 5 nitrogen and oxygen atoms in total. The molecule has 0 aromatic heterocycles. The molecule has 6 heteroatoms. The van der Waals surface area contributed by atoms with E-state index >= 15 is 0 Å². The highest BCUT2D eigenvalue weighted by Gasteiger charge is 2.52. The standard InChI is InChI=1S/C10H13ClN2O3/c1-5(11)8(14)13-3-6-7(4-13)10(16)12(2)9(6)15/h5-7H,3-4H2,1-2H3. The molecule has 0 aromatic rings. The lowest BCUT2D eigenvalue weighted by Crippen LogP contribution is -2.38. The fourth-order valence-electron chi connectivity index (χ4n) is 2.34. The zero-order valence-electron chi connectivity index (χ0n) is 9.14. The summed E-state index contributed by atoms with van der Waals surface area (Å²) >= 11 is 5.69. The summed E-state index contributed by atoms with van der Waals surface area (Å²) in [6.07, 6.45) is 0. The maximum Gasteiger partial charge on any atom is 0.240 e. The second kappa shape index (κ2) is 3.73. The lowest BCUT2D eigenvalue weighted by atomic mass is 10.00. The van der Waals surface area contributed by atoms with Crippen molar-refractivity contribution in [1.29, 1.82) is 0 Å². The molecule has 2 fully saturated rings. The molecule has 0 radical (unpaired) electrons. The van der Waals surface area contributed by atoms with Gasteiger partial charge in [0.25, 0.3) is 0 Å². The number of imide groups is 1. The van der Waals surface area contributed by atoms with E-state index in [0.29, 0.717) is 13.1 Å². The van der Waals surface area contributed by atoms with Crippen molar-refractivity contribution >= 4 is 29.3 Å². The Labute approximate surface area is 98.3 Å². The Morgan fingerprint density at radius 2 is 1.75 bits per heavy atom. The number of fused-ring (bicyclic) bond motifs is 1. The molecule has 0 spiro atoms. The average molecular weight is 245 g/mol. The van der Waals surface area contributed by atoms with Gasteiger partial charge in [0.15, 0.2) is 0 Å². The Morgan fingerprint density at radius 1 is 1.31 bits per heavy atom. The minimum absolute atomic E-state index is 0.187. The molecule has 3 unspecified atom stereocenters. The van der Waals surface area contributed by atoms with Gasteiger partial charge in [-0.25, -0.2) is 0 Å². The summed E-state index contributed by atoms with van der Waals surface area (Å²) in [5.74, 6) is -1.31. The Morgan fingerprint density at radius 3 is 2.12 bits per heavy atom. The van der Waals surface area contributed by atoms with Crippen molar-refractivity contribution < 1.29 is 14.4 Å². The maximum atomic E-state index is 11.7. The molecule has 2 heterocycles. The third-order valence-electron chi connectivity index (χ3n) is 3.27. The van der Waals surface area contributed by atoms with E-state index in [1.807, 2.05) is 0 Å². The van der Waals surface area contributed by atoms with Crippen LogP contribution >= 0.6 is 11.6 Å². The van der Waals surface area contributed by atoms with Gasteiger partial charge in [-0.15, -0.1) is 11.6 Å². The van der Waals surface area contributed by atoms with Crippen LogP contribution in [0.5, 0.6) is 0 Å². The number of amides is 3. The average Bonchev–Trinajstić information content (AvgIpc) is 2.75. The first-order chi connectivity index (χ1) is 7.43. The summed E-state index contributed by atoms with van der Waals surface area (Å²) in [5, 5.41) is -0.609. The summed E-state index contributed by atoms with van der Waals surface area (Å²) < 4.78 is 0. The summed E-state index contributed by atoms with van der Waals surface area (Å²) in [7, 11) is 1.49. The van der Waals surface area contributed by atoms with Gasteiger partial charge in [0.1, 0.15) is 5.38 Å². The van der Waals surface area contributed by atoms with Crippen LogP contribution in [0.2, 0.25) is 0 Å². The highest BCUT2D eigenvalue weighted by atomic mass is 35.5. The number of alkyl halides is 1. The largest absolute Gasteiger partial charge is 0.340 e. The predicted octanol–water partition coefficient (Wildman–Crippen LogP) is -0.313. The van der Waals surface area contributed by atoms with Gasteiger partial charge in [-0.1, -0.05) is 0 Å². The van der Waals surface area contributed by atoms with Gasteiger partial charge >= 0.3 is 0 Å². The molecule has 2 saturated heterocycles. The molecule has 88 valence electrons. The first-order valence-electron chi connectivity index (χ1n) is 5.17. The second-order valence-corrected chi connectivity index (χ2v) is 4.96. The van der Waals surface area contributed by atoms with E-state index in [9.17, 15) is 14.4 Å². The first-order valence-corrected chi connectivity index (χ1v) is 5.61. The summed E-state index contributed by atoms with van der Waals surface area (Å²) in [5.41, 5.74) is 0. The summed E-state index contributed by atoms with van der Waals surface area (Å²) in [4.78, 5) is 37.6. The number of carbonyl (C=O) groups excluding carboxylic acids is 3. The predicted molar refractivity (Wildman–Crippen MR) is 56.7 cm³/mol. The van der Waals surface area contributed by atoms with Crippen molar-refractivity contribution in [2.75, 3.05) is 20.1 Å². The molecule has 0 N–H and O–H groups in total. The molecule has 2 rings (SSSR count). The zero-order valence-corrected chi connectivity index (χ0v) is 9.90. The van der Waals surface area contributed by atoms with Crippen molar-refractivity contribution in [3.8, 4) is 0 Å². The number of halogens is 1. The molecule has 3 atom stereocenters. The summed E-state index contributed by atoms with van der Waals surface area (Å²) in [6, 6.07) is 0. The third kappa shape index (κ3) is 1.50. The molecule has 0 saturated carbocycles. The minimum Gasteiger partial charge on any atom is -0.340 e. The Bertz CT molecular complexity index is 345. The molecular formula is C10H13ClN2O3. The van der Waals surface area contributed by atoms with Crippen LogP contribution in [0.25, 0.3) is 0 Å². The second-order valence-electron chi connectivity index (χ2n) is 4.31. The van der Waals surface area contributed by atoms with Crippen molar-refractivity contribution in [2.24, 2.45) is 11.8 Å². The van der Waals surface area contributed by atoms with E-state index in [-0.39, 0.29) is 29.6 Å². The molecule has 2 aliphatic heterocycles. The topological polar surface area (TPSA) is 57.7 Å². The molecule has 0 aromatic carbocycles. The number of nitrogens with zero attached hydrogens (tertiary/aromatic N) is 2. The highest BCUT2D eigenvalue weighted by molar-refractivity contribution is 6.30. The van der Waals surface area contributed by atoms with Crippen LogP contribution in [-0.2, 0) is 14.4 Å². The zero-order chi connectivity index (χ0) is 12.0. The lowest BCUT2D eigenvalue weighted by molar-refractivity contribution is -0.139. The third-order valence-corrected chi connectivity index (χ3v) is 3.45. The van der Waals surface area contributed by atoms with Gasteiger partial charge in [0, 0.05) is 20.1 Å². The number of hydrogen-bond acceptors (Lipinski definition) is 3. The number of likely N-dealkylation sites (tertiary alicyclic amines) is 2. The Balaban J connectivity index is 2.13. The van der Waals surface area contributed by atoms with E-state index in [1.54, 1.807) is 6.92 Å². The van der Waals surface area contributed by atoms with Gasteiger partial charge in [0.2, 0.25) is 17.7 Å². The quantitative estimate of drug-likeness (QED) is 0.470. The smallest absolute Gasteiger partial charge is 0.240 e. The van der Waals surface area contributed by atoms with Crippen LogP contribution in [0, 0.1) is 11.8 Å². The van der Waals surface area contributed by atoms with Crippen molar-refractivity contribution in [2.45, 2.75) is 12.3 Å². The minimum atomic E-state index is -0.609. The van der Waals surface area contributed by atoms with Crippen LogP contribution in [0.3, 0.4) is 0 Å². The Hall–Kier alpha value is -1.10. The number of rotatable bonds is 1. The van der Waals surface area contributed by atoms with E-state index in [4.69, 9.17) is 11.6 Å². The molecular weight excluding hydrogens is 232 g/mol. The van der Waals surface area contributed by atoms with Gasteiger partial charge in [-0.3, -0.25) is 19.3 Å². The Kier molecular flexibility index (Phi) is 2.66. The number of carbonyl (C=O) groups is 3. The lowest BCUT2D eigenvalue weighted by Gasteiger charge is -2.19.